The van der Waals surface area contributed by atoms with Gasteiger partial charge in [-0.2, -0.15) is 0 Å². The van der Waals surface area contributed by atoms with Crippen molar-refractivity contribution < 1.29 is 9.53 Å². The van der Waals surface area contributed by atoms with Gasteiger partial charge in [0.1, 0.15) is 0 Å². The van der Waals surface area contributed by atoms with Crippen LogP contribution in [0.3, 0.4) is 0 Å². The van der Waals surface area contributed by atoms with E-state index in [1.165, 1.54) is 5.69 Å². The van der Waals surface area contributed by atoms with Crippen molar-refractivity contribution in [1.29, 1.82) is 0 Å². The summed E-state index contributed by atoms with van der Waals surface area (Å²) in [6.07, 6.45) is 0.495. The standard InChI is InChI=1S/C16H17NO2S/c18-16(12-15-2-1-11-20-15)13-3-5-14(6-4-13)17-7-9-19-10-8-17/h1-6,11H,7-10,12H2. The Labute approximate surface area is 122 Å². The molecular formula is C16H17NO2S. The Balaban J connectivity index is 1.67. The molecule has 0 radical (unpaired) electrons. The van der Waals surface area contributed by atoms with E-state index >= 15 is 0 Å². The van der Waals surface area contributed by atoms with Gasteiger partial charge in [-0.1, -0.05) is 6.07 Å². The van der Waals surface area contributed by atoms with Crippen LogP contribution in [-0.4, -0.2) is 32.1 Å². The van der Waals surface area contributed by atoms with E-state index in [1.54, 1.807) is 11.3 Å². The molecule has 20 heavy (non-hydrogen) atoms. The summed E-state index contributed by atoms with van der Waals surface area (Å²) in [5.41, 5.74) is 1.95. The van der Waals surface area contributed by atoms with Crippen LogP contribution in [0, 0.1) is 0 Å². The molecule has 0 amide bonds. The number of nitrogens with zero attached hydrogens (tertiary/aromatic N) is 1. The van der Waals surface area contributed by atoms with Gasteiger partial charge in [-0.3, -0.25) is 4.79 Å². The van der Waals surface area contributed by atoms with E-state index in [0.717, 1.165) is 36.7 Å². The van der Waals surface area contributed by atoms with Crippen LogP contribution < -0.4 is 4.90 Å². The molecule has 3 rings (SSSR count). The second kappa shape index (κ2) is 6.20. The molecular weight excluding hydrogens is 270 g/mol. The van der Waals surface area contributed by atoms with Crippen molar-refractivity contribution >= 4 is 22.8 Å². The first-order valence-electron chi connectivity index (χ1n) is 6.81. The van der Waals surface area contributed by atoms with Crippen LogP contribution >= 0.6 is 11.3 Å². The number of rotatable bonds is 4. The Bertz CT molecular complexity index is 557. The Morgan fingerprint density at radius 3 is 2.55 bits per heavy atom. The molecule has 1 aliphatic heterocycles. The summed E-state index contributed by atoms with van der Waals surface area (Å²) in [5, 5.41) is 2.00. The van der Waals surface area contributed by atoms with Gasteiger partial charge in [-0.15, -0.1) is 11.3 Å². The maximum Gasteiger partial charge on any atom is 0.168 e. The Morgan fingerprint density at radius 2 is 1.90 bits per heavy atom. The zero-order chi connectivity index (χ0) is 13.8. The first-order valence-corrected chi connectivity index (χ1v) is 7.69. The molecule has 0 unspecified atom stereocenters. The van der Waals surface area contributed by atoms with E-state index < -0.39 is 0 Å². The lowest BCUT2D eigenvalue weighted by atomic mass is 10.1. The third kappa shape index (κ3) is 3.08. The maximum atomic E-state index is 12.2. The average molecular weight is 287 g/mol. The van der Waals surface area contributed by atoms with Gasteiger partial charge >= 0.3 is 0 Å². The molecule has 1 saturated heterocycles. The van der Waals surface area contributed by atoms with Crippen LogP contribution in [-0.2, 0) is 11.2 Å². The van der Waals surface area contributed by atoms with E-state index in [4.69, 9.17) is 4.74 Å². The number of anilines is 1. The van der Waals surface area contributed by atoms with Gasteiger partial charge in [0.2, 0.25) is 0 Å². The van der Waals surface area contributed by atoms with Crippen molar-refractivity contribution in [2.24, 2.45) is 0 Å². The smallest absolute Gasteiger partial charge is 0.168 e. The van der Waals surface area contributed by atoms with Crippen molar-refractivity contribution in [3.05, 3.63) is 52.2 Å². The van der Waals surface area contributed by atoms with Crippen LogP contribution in [0.5, 0.6) is 0 Å². The monoisotopic (exact) mass is 287 g/mol. The molecule has 0 saturated carbocycles. The molecule has 4 heteroatoms. The number of thiophene rings is 1. The first-order chi connectivity index (χ1) is 9.83. The number of carbonyl (C=O) groups excluding carboxylic acids is 1. The fourth-order valence-electron chi connectivity index (χ4n) is 2.35. The SMILES string of the molecule is O=C(Cc1cccs1)c1ccc(N2CCOCC2)cc1. The second-order valence-corrected chi connectivity index (χ2v) is 5.86. The third-order valence-electron chi connectivity index (χ3n) is 3.48. The van der Waals surface area contributed by atoms with Gasteiger partial charge in [0.25, 0.3) is 0 Å². The molecule has 1 fully saturated rings. The molecule has 0 aliphatic carbocycles. The minimum atomic E-state index is 0.181. The van der Waals surface area contributed by atoms with Crippen LogP contribution in [0.15, 0.2) is 41.8 Å². The number of ketones is 1. The molecule has 0 N–H and O–H groups in total. The number of hydrogen-bond donors (Lipinski definition) is 0. The summed E-state index contributed by atoms with van der Waals surface area (Å²) in [6, 6.07) is 11.9. The third-order valence-corrected chi connectivity index (χ3v) is 4.36. The van der Waals surface area contributed by atoms with Gasteiger partial charge in [0.05, 0.1) is 13.2 Å². The molecule has 3 nitrogen and oxygen atoms in total. The summed E-state index contributed by atoms with van der Waals surface area (Å²) < 4.78 is 5.35. The fourth-order valence-corrected chi connectivity index (χ4v) is 3.06. The number of carbonyl (C=O) groups is 1. The van der Waals surface area contributed by atoms with Crippen LogP contribution in [0.4, 0.5) is 5.69 Å². The lowest BCUT2D eigenvalue weighted by molar-refractivity contribution is 0.0993. The summed E-state index contributed by atoms with van der Waals surface area (Å²) in [5.74, 6) is 0.181. The number of morpholine rings is 1. The summed E-state index contributed by atoms with van der Waals surface area (Å²) in [7, 11) is 0. The maximum absolute atomic E-state index is 12.2. The summed E-state index contributed by atoms with van der Waals surface area (Å²) in [6.45, 7) is 3.39. The second-order valence-electron chi connectivity index (χ2n) is 4.83. The van der Waals surface area contributed by atoms with Crippen LogP contribution in [0.25, 0.3) is 0 Å². The molecule has 1 aromatic heterocycles. The highest BCUT2D eigenvalue weighted by Gasteiger charge is 2.12. The van der Waals surface area contributed by atoms with Crippen molar-refractivity contribution in [3.63, 3.8) is 0 Å². The first kappa shape index (κ1) is 13.3. The molecule has 104 valence electrons. The van der Waals surface area contributed by atoms with Gasteiger partial charge in [0, 0.05) is 35.6 Å². The Morgan fingerprint density at radius 1 is 1.15 bits per heavy atom. The lowest BCUT2D eigenvalue weighted by Crippen LogP contribution is -2.36. The zero-order valence-electron chi connectivity index (χ0n) is 11.2. The van der Waals surface area contributed by atoms with Crippen molar-refractivity contribution in [2.75, 3.05) is 31.2 Å². The molecule has 0 atom stereocenters. The Hall–Kier alpha value is -1.65. The lowest BCUT2D eigenvalue weighted by Gasteiger charge is -2.28. The molecule has 1 aromatic carbocycles. The number of hydrogen-bond acceptors (Lipinski definition) is 4. The van der Waals surface area contributed by atoms with Gasteiger partial charge in [0.15, 0.2) is 5.78 Å². The topological polar surface area (TPSA) is 29.5 Å². The quantitative estimate of drug-likeness (QED) is 0.810. The van der Waals surface area contributed by atoms with Crippen molar-refractivity contribution in [1.82, 2.24) is 0 Å². The minimum absolute atomic E-state index is 0.181. The molecule has 2 aromatic rings. The molecule has 2 heterocycles. The van der Waals surface area contributed by atoms with E-state index in [1.807, 2.05) is 41.8 Å². The zero-order valence-corrected chi connectivity index (χ0v) is 12.1. The van der Waals surface area contributed by atoms with Gasteiger partial charge < -0.3 is 9.64 Å². The number of Topliss-reactive ketones (excluding diaryl/α,β-unsaturated/α-hetero) is 1. The highest BCUT2D eigenvalue weighted by Crippen LogP contribution is 2.18. The van der Waals surface area contributed by atoms with Crippen LogP contribution in [0.1, 0.15) is 15.2 Å². The van der Waals surface area contributed by atoms with Crippen LogP contribution in [0.2, 0.25) is 0 Å². The van der Waals surface area contributed by atoms with Gasteiger partial charge in [-0.05, 0) is 35.7 Å². The number of benzene rings is 1. The number of ether oxygens (including phenoxy) is 1. The van der Waals surface area contributed by atoms with E-state index in [-0.39, 0.29) is 5.78 Å². The predicted octanol–water partition coefficient (Wildman–Crippen LogP) is 3.01. The summed E-state index contributed by atoms with van der Waals surface area (Å²) >= 11 is 1.63. The average Bonchev–Trinajstić information content (AvgIpc) is 3.01. The van der Waals surface area contributed by atoms with E-state index in [2.05, 4.69) is 4.90 Å². The molecule has 0 spiro atoms. The fraction of sp³-hybridized carbons (Fsp3) is 0.312. The predicted molar refractivity (Wildman–Crippen MR) is 81.8 cm³/mol. The van der Waals surface area contributed by atoms with Crippen molar-refractivity contribution in [2.45, 2.75) is 6.42 Å². The highest BCUT2D eigenvalue weighted by atomic mass is 32.1. The molecule has 0 bridgehead atoms. The normalized spacial score (nSPS) is 15.3. The van der Waals surface area contributed by atoms with E-state index in [9.17, 15) is 4.79 Å². The molecule has 1 aliphatic rings. The van der Waals surface area contributed by atoms with Gasteiger partial charge in [-0.25, -0.2) is 0 Å². The minimum Gasteiger partial charge on any atom is -0.378 e. The largest absolute Gasteiger partial charge is 0.378 e. The highest BCUT2D eigenvalue weighted by molar-refractivity contribution is 7.10. The van der Waals surface area contributed by atoms with Crippen molar-refractivity contribution in [3.8, 4) is 0 Å². The Kier molecular flexibility index (Phi) is 4.14. The summed E-state index contributed by atoms with van der Waals surface area (Å²) in [4.78, 5) is 15.6. The van der Waals surface area contributed by atoms with E-state index in [0.29, 0.717) is 6.42 Å².